The minimum Gasteiger partial charge on any atom is -0.394 e. The molecule has 0 saturated carbocycles. The molecule has 1 heterocycles. The number of aliphatic hydroxyl groups is 1. The number of benzene rings is 1. The van der Waals surface area contributed by atoms with Crippen LogP contribution in [0.4, 0.5) is 0 Å². The van der Waals surface area contributed by atoms with E-state index in [1.54, 1.807) is 12.0 Å². The first-order valence-electron chi connectivity index (χ1n) is 7.11. The number of hydrogen-bond acceptors (Lipinski definition) is 4. The van der Waals surface area contributed by atoms with Gasteiger partial charge in [0.2, 0.25) is 0 Å². The lowest BCUT2D eigenvalue weighted by Crippen LogP contribution is -2.55. The van der Waals surface area contributed by atoms with Gasteiger partial charge in [-0.25, -0.2) is 0 Å². The Kier molecular flexibility index (Phi) is 4.98. The standard InChI is InChI=1S/C16H23NO4/c1-16(2)11-17(8-14(9-18)21-16)15(19)13-6-4-12(5-7-13)10-20-3/h4-7,14,18H,8-11H2,1-3H3. The highest BCUT2D eigenvalue weighted by Crippen LogP contribution is 2.22. The first-order chi connectivity index (χ1) is 9.95. The highest BCUT2D eigenvalue weighted by atomic mass is 16.5. The minimum atomic E-state index is -0.447. The SMILES string of the molecule is COCc1ccc(C(=O)N2CC(CO)OC(C)(C)C2)cc1. The number of ether oxygens (including phenoxy) is 2. The molecule has 1 aliphatic rings. The molecule has 0 radical (unpaired) electrons. The number of nitrogens with zero attached hydrogens (tertiary/aromatic N) is 1. The second-order valence-electron chi connectivity index (χ2n) is 6.00. The quantitative estimate of drug-likeness (QED) is 0.912. The second-order valence-corrected chi connectivity index (χ2v) is 6.00. The molecule has 0 spiro atoms. The van der Waals surface area contributed by atoms with Gasteiger partial charge >= 0.3 is 0 Å². The van der Waals surface area contributed by atoms with Gasteiger partial charge in [-0.1, -0.05) is 12.1 Å². The maximum Gasteiger partial charge on any atom is 0.254 e. The number of rotatable bonds is 4. The number of hydrogen-bond donors (Lipinski definition) is 1. The van der Waals surface area contributed by atoms with Crippen LogP contribution < -0.4 is 0 Å². The normalized spacial score (nSPS) is 21.3. The Morgan fingerprint density at radius 2 is 2.10 bits per heavy atom. The molecule has 1 fully saturated rings. The first kappa shape index (κ1) is 15.9. The van der Waals surface area contributed by atoms with Crippen LogP contribution in [-0.2, 0) is 16.1 Å². The Hall–Kier alpha value is -1.43. The molecular formula is C16H23NO4. The van der Waals surface area contributed by atoms with Crippen LogP contribution in [0.3, 0.4) is 0 Å². The molecule has 2 rings (SSSR count). The molecule has 5 heteroatoms. The van der Waals surface area contributed by atoms with E-state index in [0.29, 0.717) is 25.3 Å². The highest BCUT2D eigenvalue weighted by molar-refractivity contribution is 5.94. The average molecular weight is 293 g/mol. The largest absolute Gasteiger partial charge is 0.394 e. The monoisotopic (exact) mass is 293 g/mol. The summed E-state index contributed by atoms with van der Waals surface area (Å²) in [7, 11) is 1.64. The third kappa shape index (κ3) is 4.03. The third-order valence-electron chi connectivity index (χ3n) is 3.48. The van der Waals surface area contributed by atoms with E-state index < -0.39 is 5.60 Å². The summed E-state index contributed by atoms with van der Waals surface area (Å²) in [4.78, 5) is 14.3. The summed E-state index contributed by atoms with van der Waals surface area (Å²) < 4.78 is 10.8. The van der Waals surface area contributed by atoms with Gasteiger partial charge in [0.25, 0.3) is 5.91 Å². The summed E-state index contributed by atoms with van der Waals surface area (Å²) in [6, 6.07) is 7.41. The number of methoxy groups -OCH3 is 1. The van der Waals surface area contributed by atoms with Crippen LogP contribution in [0.2, 0.25) is 0 Å². The molecular weight excluding hydrogens is 270 g/mol. The van der Waals surface area contributed by atoms with Crippen molar-refractivity contribution in [2.75, 3.05) is 26.8 Å². The predicted octanol–water partition coefficient (Wildman–Crippen LogP) is 1.44. The van der Waals surface area contributed by atoms with Crippen molar-refractivity contribution in [1.82, 2.24) is 4.90 Å². The van der Waals surface area contributed by atoms with Crippen molar-refractivity contribution in [1.29, 1.82) is 0 Å². The number of morpholine rings is 1. The van der Waals surface area contributed by atoms with Gasteiger partial charge in [0.1, 0.15) is 0 Å². The molecule has 5 nitrogen and oxygen atoms in total. The maximum absolute atomic E-state index is 12.6. The van der Waals surface area contributed by atoms with Crippen LogP contribution in [-0.4, -0.2) is 54.4 Å². The van der Waals surface area contributed by atoms with Crippen LogP contribution in [0.25, 0.3) is 0 Å². The Balaban J connectivity index is 2.11. The average Bonchev–Trinajstić information content (AvgIpc) is 2.46. The summed E-state index contributed by atoms with van der Waals surface area (Å²) in [6.45, 7) is 5.24. The molecule has 0 aliphatic carbocycles. The molecule has 1 N–H and O–H groups in total. The van der Waals surface area contributed by atoms with Gasteiger partial charge in [0.05, 0.1) is 24.9 Å². The van der Waals surface area contributed by atoms with Crippen molar-refractivity contribution in [2.45, 2.75) is 32.2 Å². The van der Waals surface area contributed by atoms with E-state index in [9.17, 15) is 9.90 Å². The van der Waals surface area contributed by atoms with E-state index in [1.165, 1.54) is 0 Å². The van der Waals surface area contributed by atoms with Crippen molar-refractivity contribution in [3.63, 3.8) is 0 Å². The predicted molar refractivity (Wildman–Crippen MR) is 79.1 cm³/mol. The van der Waals surface area contributed by atoms with Crippen molar-refractivity contribution in [3.05, 3.63) is 35.4 Å². The smallest absolute Gasteiger partial charge is 0.254 e. The topological polar surface area (TPSA) is 59.0 Å². The van der Waals surface area contributed by atoms with Crippen LogP contribution in [0.15, 0.2) is 24.3 Å². The van der Waals surface area contributed by atoms with E-state index in [0.717, 1.165) is 5.56 Å². The zero-order valence-electron chi connectivity index (χ0n) is 12.8. The Morgan fingerprint density at radius 3 is 2.67 bits per heavy atom. The maximum atomic E-state index is 12.6. The van der Waals surface area contributed by atoms with Crippen molar-refractivity contribution in [2.24, 2.45) is 0 Å². The van der Waals surface area contributed by atoms with Crippen LogP contribution in [0.5, 0.6) is 0 Å². The number of aliphatic hydroxyl groups excluding tert-OH is 1. The molecule has 1 unspecified atom stereocenters. The molecule has 1 aromatic rings. The van der Waals surface area contributed by atoms with E-state index in [1.807, 2.05) is 38.1 Å². The lowest BCUT2D eigenvalue weighted by Gasteiger charge is -2.42. The van der Waals surface area contributed by atoms with Gasteiger partial charge < -0.3 is 19.5 Å². The minimum absolute atomic E-state index is 0.0335. The lowest BCUT2D eigenvalue weighted by atomic mass is 10.0. The van der Waals surface area contributed by atoms with Gasteiger partial charge in [-0.15, -0.1) is 0 Å². The van der Waals surface area contributed by atoms with Crippen LogP contribution in [0, 0.1) is 0 Å². The molecule has 1 aromatic carbocycles. The number of amides is 1. The van der Waals surface area contributed by atoms with Crippen molar-refractivity contribution < 1.29 is 19.4 Å². The van der Waals surface area contributed by atoms with Crippen LogP contribution in [0.1, 0.15) is 29.8 Å². The molecule has 0 bridgehead atoms. The summed E-state index contributed by atoms with van der Waals surface area (Å²) in [6.07, 6.45) is -0.328. The van der Waals surface area contributed by atoms with Gasteiger partial charge in [0, 0.05) is 25.8 Å². The third-order valence-corrected chi connectivity index (χ3v) is 3.48. The van der Waals surface area contributed by atoms with E-state index >= 15 is 0 Å². The fourth-order valence-corrected chi connectivity index (χ4v) is 2.64. The lowest BCUT2D eigenvalue weighted by molar-refractivity contribution is -0.139. The van der Waals surface area contributed by atoms with E-state index in [-0.39, 0.29) is 18.6 Å². The number of carbonyl (C=O) groups is 1. The molecule has 1 amide bonds. The Bertz CT molecular complexity index is 484. The summed E-state index contributed by atoms with van der Waals surface area (Å²) in [5.41, 5.74) is 1.23. The molecule has 0 aromatic heterocycles. The fraction of sp³-hybridized carbons (Fsp3) is 0.562. The first-order valence-corrected chi connectivity index (χ1v) is 7.11. The molecule has 116 valence electrons. The summed E-state index contributed by atoms with van der Waals surface area (Å²) in [5.74, 6) is -0.0335. The van der Waals surface area contributed by atoms with Gasteiger partial charge in [-0.2, -0.15) is 0 Å². The van der Waals surface area contributed by atoms with E-state index in [2.05, 4.69) is 0 Å². The van der Waals surface area contributed by atoms with Crippen molar-refractivity contribution >= 4 is 5.91 Å². The molecule has 1 saturated heterocycles. The van der Waals surface area contributed by atoms with Gasteiger partial charge in [-0.3, -0.25) is 4.79 Å². The Morgan fingerprint density at radius 1 is 1.43 bits per heavy atom. The fourth-order valence-electron chi connectivity index (χ4n) is 2.64. The molecule has 1 aliphatic heterocycles. The summed E-state index contributed by atoms with van der Waals surface area (Å²) >= 11 is 0. The number of carbonyl (C=O) groups excluding carboxylic acids is 1. The van der Waals surface area contributed by atoms with E-state index in [4.69, 9.17) is 9.47 Å². The van der Waals surface area contributed by atoms with Gasteiger partial charge in [-0.05, 0) is 31.5 Å². The van der Waals surface area contributed by atoms with Crippen LogP contribution >= 0.6 is 0 Å². The molecule has 21 heavy (non-hydrogen) atoms. The zero-order valence-corrected chi connectivity index (χ0v) is 12.8. The highest BCUT2D eigenvalue weighted by Gasteiger charge is 2.35. The van der Waals surface area contributed by atoms with Gasteiger partial charge in [0.15, 0.2) is 0 Å². The zero-order chi connectivity index (χ0) is 15.5. The summed E-state index contributed by atoms with van der Waals surface area (Å²) in [5, 5.41) is 9.31. The van der Waals surface area contributed by atoms with Crippen molar-refractivity contribution in [3.8, 4) is 0 Å². The second kappa shape index (κ2) is 6.56. The Labute approximate surface area is 125 Å². The molecule has 1 atom stereocenters.